The minimum absolute atomic E-state index is 0.0272. The number of nitrogens with one attached hydrogen (secondary N) is 1. The quantitative estimate of drug-likeness (QED) is 0.583. The Morgan fingerprint density at radius 3 is 2.60 bits per heavy atom. The van der Waals surface area contributed by atoms with Crippen LogP contribution in [0, 0.1) is 17.0 Å². The van der Waals surface area contributed by atoms with Crippen molar-refractivity contribution < 1.29 is 14.5 Å². The van der Waals surface area contributed by atoms with Crippen molar-refractivity contribution in [3.8, 4) is 5.75 Å². The molecule has 132 valence electrons. The zero-order chi connectivity index (χ0) is 18.2. The highest BCUT2D eigenvalue weighted by Gasteiger charge is 2.18. The summed E-state index contributed by atoms with van der Waals surface area (Å²) in [5, 5.41) is 13.7. The number of unbranched alkanes of at least 4 members (excludes halogenated alkanes) is 1. The van der Waals surface area contributed by atoms with Crippen molar-refractivity contribution >= 4 is 17.4 Å². The molecule has 0 saturated heterocycles. The van der Waals surface area contributed by atoms with Gasteiger partial charge < -0.3 is 20.2 Å². The van der Waals surface area contributed by atoms with E-state index in [0.717, 1.165) is 19.3 Å². The molecule has 0 fully saturated rings. The minimum Gasteiger partial charge on any atom is -0.476 e. The first-order valence-corrected chi connectivity index (χ1v) is 8.13. The number of aromatic nitrogens is 1. The van der Waals surface area contributed by atoms with Crippen LogP contribution in [0.2, 0.25) is 0 Å². The van der Waals surface area contributed by atoms with Crippen LogP contribution in [0.1, 0.15) is 31.0 Å². The number of hydrogen-bond donors (Lipinski definition) is 1. The Kier molecular flexibility index (Phi) is 6.45. The monoisotopic (exact) mass is 343 g/mol. The first-order chi connectivity index (χ1) is 12.0. The molecule has 25 heavy (non-hydrogen) atoms. The van der Waals surface area contributed by atoms with Crippen molar-refractivity contribution in [2.45, 2.75) is 33.1 Å². The Balaban J connectivity index is 1.92. The van der Waals surface area contributed by atoms with Gasteiger partial charge in [0.2, 0.25) is 5.75 Å². The summed E-state index contributed by atoms with van der Waals surface area (Å²) in [7, 11) is 0. The number of amides is 1. The molecule has 1 aromatic carbocycles. The zero-order valence-corrected chi connectivity index (χ0v) is 14.3. The molecule has 7 heteroatoms. The van der Waals surface area contributed by atoms with Crippen molar-refractivity contribution in [2.75, 3.05) is 11.9 Å². The number of rotatable bonds is 8. The molecule has 1 amide bonds. The van der Waals surface area contributed by atoms with Crippen LogP contribution in [0.4, 0.5) is 11.5 Å². The third kappa shape index (κ3) is 5.56. The van der Waals surface area contributed by atoms with E-state index >= 15 is 0 Å². The van der Waals surface area contributed by atoms with E-state index in [1.165, 1.54) is 11.6 Å². The molecule has 0 atom stereocenters. The molecular weight excluding hydrogens is 322 g/mol. The minimum atomic E-state index is -0.630. The zero-order valence-electron chi connectivity index (χ0n) is 14.3. The van der Waals surface area contributed by atoms with Gasteiger partial charge >= 0.3 is 5.82 Å². The van der Waals surface area contributed by atoms with Crippen LogP contribution in [-0.2, 0) is 11.2 Å². The first kappa shape index (κ1) is 18.4. The second-order valence-corrected chi connectivity index (χ2v) is 5.67. The molecule has 1 heterocycles. The highest BCUT2D eigenvalue weighted by molar-refractivity contribution is 5.91. The number of carbonyl (C=O) groups is 1. The number of carbonyl (C=O) groups excluding carboxylic acids is 1. The maximum absolute atomic E-state index is 12.0. The van der Waals surface area contributed by atoms with E-state index in [-0.39, 0.29) is 12.4 Å². The highest BCUT2D eigenvalue weighted by atomic mass is 16.6. The average Bonchev–Trinajstić information content (AvgIpc) is 2.60. The van der Waals surface area contributed by atoms with E-state index < -0.39 is 16.6 Å². The van der Waals surface area contributed by atoms with Gasteiger partial charge in [-0.2, -0.15) is 0 Å². The Hall–Kier alpha value is -2.96. The smallest absolute Gasteiger partial charge is 0.406 e. The number of ether oxygens (including phenoxy) is 1. The lowest BCUT2D eigenvalue weighted by Crippen LogP contribution is -2.20. The first-order valence-electron chi connectivity index (χ1n) is 8.13. The van der Waals surface area contributed by atoms with E-state index in [2.05, 4.69) is 17.2 Å². The van der Waals surface area contributed by atoms with Gasteiger partial charge in [0.25, 0.3) is 5.91 Å². The van der Waals surface area contributed by atoms with Crippen LogP contribution in [0.3, 0.4) is 0 Å². The van der Waals surface area contributed by atoms with E-state index in [4.69, 9.17) is 4.74 Å². The number of nitro groups is 1. The van der Waals surface area contributed by atoms with Crippen molar-refractivity contribution in [2.24, 2.45) is 0 Å². The summed E-state index contributed by atoms with van der Waals surface area (Å²) in [6.45, 7) is 3.46. The number of aryl methyl sites for hydroxylation is 2. The Labute approximate surface area is 146 Å². The molecular formula is C18H21N3O4. The van der Waals surface area contributed by atoms with Crippen molar-refractivity contribution in [1.29, 1.82) is 0 Å². The van der Waals surface area contributed by atoms with Crippen LogP contribution in [0.25, 0.3) is 0 Å². The average molecular weight is 343 g/mol. The third-order valence-corrected chi connectivity index (χ3v) is 3.57. The van der Waals surface area contributed by atoms with Gasteiger partial charge in [0.1, 0.15) is 5.69 Å². The van der Waals surface area contributed by atoms with Gasteiger partial charge in [0.05, 0.1) is 0 Å². The summed E-state index contributed by atoms with van der Waals surface area (Å²) in [5.74, 6) is -0.815. The molecule has 2 rings (SSSR count). The molecule has 0 spiro atoms. The third-order valence-electron chi connectivity index (χ3n) is 3.57. The van der Waals surface area contributed by atoms with Crippen molar-refractivity contribution in [1.82, 2.24) is 4.98 Å². The molecule has 0 unspecified atom stereocenters. The van der Waals surface area contributed by atoms with Crippen molar-refractivity contribution in [3.63, 3.8) is 0 Å². The molecule has 0 saturated carbocycles. The molecule has 0 aliphatic carbocycles. The standard InChI is InChI=1S/C18H21N3O4/c1-3-4-5-14-7-9-15(10-8-14)20-17(22)12-25-16-11-6-13(2)19-18(16)21(23)24/h6-11H,3-5,12H2,1-2H3,(H,20,22). The van der Waals surface area contributed by atoms with E-state index in [9.17, 15) is 14.9 Å². The predicted octanol–water partition coefficient (Wildman–Crippen LogP) is 3.66. The van der Waals surface area contributed by atoms with Gasteiger partial charge in [-0.05, 0) is 52.6 Å². The maximum Gasteiger partial charge on any atom is 0.406 e. The molecule has 0 bridgehead atoms. The van der Waals surface area contributed by atoms with Crippen molar-refractivity contribution in [3.05, 3.63) is 57.8 Å². The summed E-state index contributed by atoms with van der Waals surface area (Å²) in [6.07, 6.45) is 3.27. The van der Waals surface area contributed by atoms with E-state index in [1.54, 1.807) is 13.0 Å². The predicted molar refractivity (Wildman–Crippen MR) is 94.8 cm³/mol. The van der Waals surface area contributed by atoms with Gasteiger partial charge in [-0.15, -0.1) is 0 Å². The molecule has 0 radical (unpaired) electrons. The highest BCUT2D eigenvalue weighted by Crippen LogP contribution is 2.24. The maximum atomic E-state index is 12.0. The van der Waals surface area contributed by atoms with Crippen LogP contribution in [0.15, 0.2) is 36.4 Å². The lowest BCUT2D eigenvalue weighted by atomic mass is 10.1. The normalized spacial score (nSPS) is 10.3. The number of anilines is 1. The summed E-state index contributed by atoms with van der Waals surface area (Å²) in [5.41, 5.74) is 2.38. The van der Waals surface area contributed by atoms with Crippen LogP contribution < -0.4 is 10.1 Å². The topological polar surface area (TPSA) is 94.4 Å². The van der Waals surface area contributed by atoms with E-state index in [1.807, 2.05) is 24.3 Å². The van der Waals surface area contributed by atoms with Crippen LogP contribution in [0.5, 0.6) is 5.75 Å². The summed E-state index contributed by atoms with van der Waals surface area (Å²) in [4.78, 5) is 26.1. The summed E-state index contributed by atoms with van der Waals surface area (Å²) in [6, 6.07) is 10.6. The number of pyridine rings is 1. The lowest BCUT2D eigenvalue weighted by molar-refractivity contribution is -0.390. The number of hydrogen-bond acceptors (Lipinski definition) is 5. The van der Waals surface area contributed by atoms with E-state index in [0.29, 0.717) is 11.4 Å². The number of benzene rings is 1. The van der Waals surface area contributed by atoms with Crippen LogP contribution in [-0.4, -0.2) is 22.4 Å². The molecule has 1 N–H and O–H groups in total. The largest absolute Gasteiger partial charge is 0.476 e. The second-order valence-electron chi connectivity index (χ2n) is 5.67. The lowest BCUT2D eigenvalue weighted by Gasteiger charge is -2.08. The van der Waals surface area contributed by atoms with Gasteiger partial charge in [0.15, 0.2) is 6.61 Å². The molecule has 0 aliphatic heterocycles. The van der Waals surface area contributed by atoms with Gasteiger partial charge in [-0.3, -0.25) is 4.79 Å². The van der Waals surface area contributed by atoms with Crippen LogP contribution >= 0.6 is 0 Å². The fourth-order valence-corrected chi connectivity index (χ4v) is 2.25. The molecule has 1 aromatic heterocycles. The Bertz CT molecular complexity index is 744. The van der Waals surface area contributed by atoms with Gasteiger partial charge in [0, 0.05) is 12.6 Å². The fraction of sp³-hybridized carbons (Fsp3) is 0.333. The molecule has 2 aromatic rings. The SMILES string of the molecule is CCCCc1ccc(NC(=O)COc2ccc(C)nc2[N+](=O)[O-])cc1. The summed E-state index contributed by atoms with van der Waals surface area (Å²) >= 11 is 0. The van der Waals surface area contributed by atoms with Gasteiger partial charge in [-0.1, -0.05) is 25.5 Å². The number of nitrogens with zero attached hydrogens (tertiary/aromatic N) is 2. The fourth-order valence-electron chi connectivity index (χ4n) is 2.25. The van der Waals surface area contributed by atoms with Gasteiger partial charge in [-0.25, -0.2) is 0 Å². The molecule has 7 nitrogen and oxygen atoms in total. The Morgan fingerprint density at radius 1 is 1.24 bits per heavy atom. The Morgan fingerprint density at radius 2 is 1.96 bits per heavy atom. The summed E-state index contributed by atoms with van der Waals surface area (Å²) < 4.78 is 5.25. The molecule has 0 aliphatic rings. The second kappa shape index (κ2) is 8.77.